The molecule has 0 bridgehead atoms. The second kappa shape index (κ2) is 8.60. The first kappa shape index (κ1) is 21.0. The standard InChI is InChI=1S/C25H24ClN3O2S/c1-14-12-32-13-20(14)17-5-6-27-24(9-17)28-15(2)19-7-18-8-21(26)23(31-11-16-3-4-16)10-22(18)29-25(19)30/h5-10,12-13,15-16H,3-4,11H2,1-2H3,(H,27,28)(H,29,30)/t15-/m0/s1. The predicted molar refractivity (Wildman–Crippen MR) is 132 cm³/mol. The van der Waals surface area contributed by atoms with E-state index in [1.165, 1.54) is 24.0 Å². The summed E-state index contributed by atoms with van der Waals surface area (Å²) in [5.41, 5.74) is 4.74. The Labute approximate surface area is 195 Å². The van der Waals surface area contributed by atoms with Crippen LogP contribution in [-0.2, 0) is 0 Å². The summed E-state index contributed by atoms with van der Waals surface area (Å²) in [4.78, 5) is 20.3. The van der Waals surface area contributed by atoms with Crippen LogP contribution in [0.5, 0.6) is 5.75 Å². The topological polar surface area (TPSA) is 67.0 Å². The van der Waals surface area contributed by atoms with Crippen molar-refractivity contribution in [2.75, 3.05) is 11.9 Å². The minimum atomic E-state index is -0.237. The predicted octanol–water partition coefficient (Wildman–Crippen LogP) is 6.58. The molecule has 1 aliphatic rings. The summed E-state index contributed by atoms with van der Waals surface area (Å²) >= 11 is 8.13. The van der Waals surface area contributed by atoms with E-state index in [0.717, 1.165) is 16.8 Å². The maximum Gasteiger partial charge on any atom is 0.253 e. The molecule has 0 saturated heterocycles. The molecule has 0 unspecified atom stereocenters. The first-order chi connectivity index (χ1) is 15.5. The Kier molecular flexibility index (Phi) is 5.66. The van der Waals surface area contributed by atoms with E-state index < -0.39 is 0 Å². The van der Waals surface area contributed by atoms with Gasteiger partial charge in [0.05, 0.1) is 23.2 Å². The fourth-order valence-corrected chi connectivity index (χ4v) is 4.87. The van der Waals surface area contributed by atoms with Crippen molar-refractivity contribution in [2.24, 2.45) is 5.92 Å². The van der Waals surface area contributed by atoms with Gasteiger partial charge >= 0.3 is 0 Å². The van der Waals surface area contributed by atoms with E-state index in [2.05, 4.69) is 33.0 Å². The Bertz CT molecular complexity index is 1340. The molecule has 1 aliphatic carbocycles. The molecule has 2 N–H and O–H groups in total. The monoisotopic (exact) mass is 465 g/mol. The number of thiophene rings is 1. The fraction of sp³-hybridized carbons (Fsp3) is 0.280. The second-order valence-electron chi connectivity index (χ2n) is 8.44. The molecule has 4 aromatic rings. The Morgan fingerprint density at radius 1 is 1.28 bits per heavy atom. The van der Waals surface area contributed by atoms with Crippen LogP contribution in [0.25, 0.3) is 22.0 Å². The number of aryl methyl sites for hydroxylation is 1. The molecule has 7 heteroatoms. The van der Waals surface area contributed by atoms with Gasteiger partial charge in [-0.1, -0.05) is 11.6 Å². The van der Waals surface area contributed by atoms with Gasteiger partial charge < -0.3 is 15.0 Å². The molecule has 0 radical (unpaired) electrons. The van der Waals surface area contributed by atoms with Gasteiger partial charge in [0.2, 0.25) is 0 Å². The lowest BCUT2D eigenvalue weighted by molar-refractivity contribution is 0.300. The van der Waals surface area contributed by atoms with Crippen LogP contribution in [0.3, 0.4) is 0 Å². The summed E-state index contributed by atoms with van der Waals surface area (Å²) in [6.07, 6.45) is 4.21. The minimum absolute atomic E-state index is 0.141. The van der Waals surface area contributed by atoms with E-state index in [0.29, 0.717) is 34.4 Å². The van der Waals surface area contributed by atoms with Gasteiger partial charge in [0.1, 0.15) is 11.6 Å². The van der Waals surface area contributed by atoms with Crippen LogP contribution in [0, 0.1) is 12.8 Å². The zero-order chi connectivity index (χ0) is 22.2. The normalized spacial score (nSPS) is 14.5. The maximum absolute atomic E-state index is 12.8. The largest absolute Gasteiger partial charge is 0.492 e. The molecule has 0 aliphatic heterocycles. The number of ether oxygens (including phenoxy) is 1. The third kappa shape index (κ3) is 4.38. The number of aromatic amines is 1. The van der Waals surface area contributed by atoms with Gasteiger partial charge in [-0.3, -0.25) is 4.79 Å². The van der Waals surface area contributed by atoms with Crippen LogP contribution in [0.1, 0.15) is 36.9 Å². The van der Waals surface area contributed by atoms with Gasteiger partial charge in [-0.25, -0.2) is 4.98 Å². The number of rotatable bonds is 7. The van der Waals surface area contributed by atoms with Crippen molar-refractivity contribution in [3.8, 4) is 16.9 Å². The summed E-state index contributed by atoms with van der Waals surface area (Å²) < 4.78 is 5.84. The Morgan fingerprint density at radius 3 is 2.88 bits per heavy atom. The van der Waals surface area contributed by atoms with E-state index in [9.17, 15) is 4.79 Å². The number of aromatic nitrogens is 2. The van der Waals surface area contributed by atoms with Gasteiger partial charge in [-0.05, 0) is 84.3 Å². The molecule has 3 aromatic heterocycles. The number of halogens is 1. The molecular formula is C25H24ClN3O2S. The van der Waals surface area contributed by atoms with Gasteiger partial charge in [0.15, 0.2) is 0 Å². The smallest absolute Gasteiger partial charge is 0.253 e. The first-order valence-corrected chi connectivity index (χ1v) is 12.0. The number of anilines is 1. The zero-order valence-electron chi connectivity index (χ0n) is 17.9. The van der Waals surface area contributed by atoms with E-state index in [1.807, 2.05) is 37.3 Å². The number of fused-ring (bicyclic) bond motifs is 1. The highest BCUT2D eigenvalue weighted by Gasteiger charge is 2.22. The van der Waals surface area contributed by atoms with Crippen molar-refractivity contribution in [3.05, 3.63) is 73.8 Å². The number of hydrogen-bond donors (Lipinski definition) is 2. The molecule has 164 valence electrons. The number of H-pyrrole nitrogens is 1. The highest BCUT2D eigenvalue weighted by molar-refractivity contribution is 7.08. The second-order valence-corrected chi connectivity index (χ2v) is 9.59. The Morgan fingerprint density at radius 2 is 2.12 bits per heavy atom. The highest BCUT2D eigenvalue weighted by atomic mass is 35.5. The van der Waals surface area contributed by atoms with E-state index in [-0.39, 0.29) is 11.6 Å². The van der Waals surface area contributed by atoms with Crippen LogP contribution < -0.4 is 15.6 Å². The number of hydrogen-bond acceptors (Lipinski definition) is 5. The molecule has 0 spiro atoms. The van der Waals surface area contributed by atoms with Crippen LogP contribution in [0.2, 0.25) is 5.02 Å². The van der Waals surface area contributed by atoms with Crippen molar-refractivity contribution in [3.63, 3.8) is 0 Å². The summed E-state index contributed by atoms with van der Waals surface area (Å²) in [6.45, 7) is 4.73. The lowest BCUT2D eigenvalue weighted by atomic mass is 10.1. The average Bonchev–Trinajstić information content (AvgIpc) is 3.50. The van der Waals surface area contributed by atoms with Crippen molar-refractivity contribution < 1.29 is 4.74 Å². The minimum Gasteiger partial charge on any atom is -0.492 e. The molecule has 5 rings (SSSR count). The Balaban J connectivity index is 1.40. The molecule has 3 heterocycles. The molecule has 32 heavy (non-hydrogen) atoms. The molecular weight excluding hydrogens is 442 g/mol. The van der Waals surface area contributed by atoms with Crippen molar-refractivity contribution in [1.29, 1.82) is 0 Å². The van der Waals surface area contributed by atoms with Gasteiger partial charge in [-0.15, -0.1) is 0 Å². The summed E-state index contributed by atoms with van der Waals surface area (Å²) in [5.74, 6) is 1.97. The lowest BCUT2D eigenvalue weighted by Crippen LogP contribution is -2.19. The molecule has 0 amide bonds. The van der Waals surface area contributed by atoms with Crippen molar-refractivity contribution in [1.82, 2.24) is 9.97 Å². The highest BCUT2D eigenvalue weighted by Crippen LogP contribution is 2.34. The quantitative estimate of drug-likeness (QED) is 0.323. The van der Waals surface area contributed by atoms with E-state index in [1.54, 1.807) is 17.5 Å². The average molecular weight is 466 g/mol. The molecule has 1 atom stereocenters. The van der Waals surface area contributed by atoms with Crippen LogP contribution in [-0.4, -0.2) is 16.6 Å². The summed E-state index contributed by atoms with van der Waals surface area (Å²) in [7, 11) is 0. The van der Waals surface area contributed by atoms with E-state index >= 15 is 0 Å². The van der Waals surface area contributed by atoms with Crippen LogP contribution in [0.15, 0.2) is 52.1 Å². The third-order valence-electron chi connectivity index (χ3n) is 5.85. The third-order valence-corrected chi connectivity index (χ3v) is 7.01. The fourth-order valence-electron chi connectivity index (χ4n) is 3.78. The van der Waals surface area contributed by atoms with Crippen LogP contribution in [0.4, 0.5) is 5.82 Å². The Hall–Kier alpha value is -2.83. The lowest BCUT2D eigenvalue weighted by Gasteiger charge is -2.16. The summed E-state index contributed by atoms with van der Waals surface area (Å²) in [6, 6.07) is 9.33. The first-order valence-electron chi connectivity index (χ1n) is 10.7. The number of pyridine rings is 2. The SMILES string of the molecule is Cc1cscc1-c1ccnc(N[C@@H](C)c2cc3cc(Cl)c(OCC4CC4)cc3[nH]c2=O)c1. The number of benzene rings is 1. The van der Waals surface area contributed by atoms with Gasteiger partial charge in [0.25, 0.3) is 5.56 Å². The number of nitrogens with one attached hydrogen (secondary N) is 2. The van der Waals surface area contributed by atoms with Crippen LogP contribution >= 0.6 is 22.9 Å². The molecule has 1 saturated carbocycles. The molecule has 5 nitrogen and oxygen atoms in total. The number of nitrogens with zero attached hydrogens (tertiary/aromatic N) is 1. The summed E-state index contributed by atoms with van der Waals surface area (Å²) in [5, 5.41) is 9.06. The maximum atomic E-state index is 12.8. The van der Waals surface area contributed by atoms with E-state index in [4.69, 9.17) is 16.3 Å². The molecule has 1 aromatic carbocycles. The van der Waals surface area contributed by atoms with Gasteiger partial charge in [-0.2, -0.15) is 11.3 Å². The van der Waals surface area contributed by atoms with Crippen molar-refractivity contribution >= 4 is 39.7 Å². The van der Waals surface area contributed by atoms with Crippen molar-refractivity contribution in [2.45, 2.75) is 32.7 Å². The molecule has 1 fully saturated rings. The zero-order valence-corrected chi connectivity index (χ0v) is 19.5. The van der Waals surface area contributed by atoms with Gasteiger partial charge in [0, 0.05) is 23.2 Å².